The van der Waals surface area contributed by atoms with Crippen LogP contribution in [0.1, 0.15) is 42.5 Å². The van der Waals surface area contributed by atoms with E-state index in [2.05, 4.69) is 68.5 Å². The molecule has 0 saturated heterocycles. The van der Waals surface area contributed by atoms with E-state index >= 15 is 0 Å². The van der Waals surface area contributed by atoms with E-state index < -0.39 is 0 Å². The topological polar surface area (TPSA) is 9.23 Å². The second-order valence-corrected chi connectivity index (χ2v) is 7.11. The van der Waals surface area contributed by atoms with Crippen LogP contribution in [0.4, 0.5) is 0 Å². The molecule has 138 valence electrons. The van der Waals surface area contributed by atoms with Gasteiger partial charge in [-0.05, 0) is 0 Å². The van der Waals surface area contributed by atoms with Crippen molar-refractivity contribution in [3.63, 3.8) is 0 Å². The smallest absolute Gasteiger partial charge is 1.00 e. The molecule has 1 nitrogen and oxygen atoms in total. The Balaban J connectivity index is 0.00000121. The van der Waals surface area contributed by atoms with Gasteiger partial charge in [0.1, 0.15) is 0 Å². The normalized spacial score (nSPS) is 12.7. The molecule has 0 bridgehead atoms. The third-order valence-corrected chi connectivity index (χ3v) is 5.39. The summed E-state index contributed by atoms with van der Waals surface area (Å²) in [5.41, 5.74) is 10.8. The number of benzene rings is 2. The van der Waals surface area contributed by atoms with Gasteiger partial charge in [-0.15, -0.1) is 0 Å². The minimum Gasteiger partial charge on any atom is -1.00 e. The number of rotatable bonds is 3. The van der Waals surface area contributed by atoms with Crippen molar-refractivity contribution in [2.45, 2.75) is 26.7 Å². The Labute approximate surface area is 195 Å². The largest absolute Gasteiger partial charge is 1.00 e. The summed E-state index contributed by atoms with van der Waals surface area (Å²) in [7, 11) is 0. The molecule has 5 heteroatoms. The molecule has 0 heterocycles. The first-order valence-electron chi connectivity index (χ1n) is 8.32. The maximum Gasteiger partial charge on any atom is -1.00 e. The fourth-order valence-corrected chi connectivity index (χ4v) is 4.54. The Morgan fingerprint density at radius 2 is 1.63 bits per heavy atom. The first-order valence-corrected chi connectivity index (χ1v) is 9.32. The summed E-state index contributed by atoms with van der Waals surface area (Å²) >= 11 is 1.09. The molecule has 0 amide bonds. The Morgan fingerprint density at radius 1 is 0.926 bits per heavy atom. The third kappa shape index (κ3) is 4.30. The predicted molar refractivity (Wildman–Crippen MR) is 95.8 cm³/mol. The molecule has 0 N–H and O–H groups in total. The van der Waals surface area contributed by atoms with E-state index in [1.807, 2.05) is 0 Å². The molecule has 0 fully saturated rings. The molecular formula is C22H19Cl3OZr. The van der Waals surface area contributed by atoms with Crippen molar-refractivity contribution in [3.05, 3.63) is 82.5 Å². The SMILES string of the molecule is CC(C)=C([O][Zr+3])c1c(C2=CC=CC2)ccc2c1Cc1ccccc1-2.[Cl-].[Cl-].[Cl-]. The summed E-state index contributed by atoms with van der Waals surface area (Å²) in [6, 6.07) is 13.3. The third-order valence-electron chi connectivity index (χ3n) is 4.89. The van der Waals surface area contributed by atoms with Gasteiger partial charge in [-0.2, -0.15) is 0 Å². The van der Waals surface area contributed by atoms with Gasteiger partial charge in [-0.1, -0.05) is 0 Å². The molecule has 4 rings (SSSR count). The summed E-state index contributed by atoms with van der Waals surface area (Å²) in [5, 5.41) is 0. The average Bonchev–Trinajstić information content (AvgIpc) is 3.23. The predicted octanol–water partition coefficient (Wildman–Crippen LogP) is -3.16. The average molecular weight is 497 g/mol. The van der Waals surface area contributed by atoms with Crippen molar-refractivity contribution >= 4 is 11.3 Å². The zero-order valence-corrected chi connectivity index (χ0v) is 19.9. The Bertz CT molecular complexity index is 925. The number of allylic oxidation sites excluding steroid dienone is 5. The fraction of sp³-hybridized carbons (Fsp3) is 0.182. The molecule has 0 radical (unpaired) electrons. The fourth-order valence-electron chi connectivity index (χ4n) is 3.79. The van der Waals surface area contributed by atoms with Crippen LogP contribution in [0, 0.1) is 0 Å². The van der Waals surface area contributed by atoms with Gasteiger partial charge in [0.15, 0.2) is 0 Å². The first-order chi connectivity index (χ1) is 11.7. The zero-order valence-electron chi connectivity index (χ0n) is 15.2. The zero-order chi connectivity index (χ0) is 16.7. The molecule has 2 aromatic rings. The van der Waals surface area contributed by atoms with Crippen LogP contribution in [0.3, 0.4) is 0 Å². The van der Waals surface area contributed by atoms with Gasteiger partial charge in [0.25, 0.3) is 0 Å². The van der Waals surface area contributed by atoms with Gasteiger partial charge in [0.2, 0.25) is 0 Å². The maximum atomic E-state index is 5.94. The van der Waals surface area contributed by atoms with Crippen LogP contribution >= 0.6 is 0 Å². The quantitative estimate of drug-likeness (QED) is 0.348. The van der Waals surface area contributed by atoms with Gasteiger partial charge in [0, 0.05) is 0 Å². The van der Waals surface area contributed by atoms with E-state index in [9.17, 15) is 0 Å². The second kappa shape index (κ2) is 10.1. The molecule has 2 aliphatic carbocycles. The van der Waals surface area contributed by atoms with Crippen molar-refractivity contribution in [2.75, 3.05) is 0 Å². The van der Waals surface area contributed by atoms with Crippen molar-refractivity contribution in [1.29, 1.82) is 0 Å². The standard InChI is InChI=1S/C22H20O.3ClH.Zr/c1-14(2)22(23)21-18(15-7-3-4-8-15)11-12-19-17-10-6-5-9-16(17)13-20(19)21;;;;/h3-7,9-12,23H,8,13H2,1-2H3;3*1H;/q;;;;+4/p-4. The summed E-state index contributed by atoms with van der Waals surface area (Å²) in [4.78, 5) is 0. The molecule has 0 saturated carbocycles. The number of hydrogen-bond donors (Lipinski definition) is 0. The van der Waals surface area contributed by atoms with E-state index in [0.717, 1.165) is 43.8 Å². The maximum absolute atomic E-state index is 5.94. The van der Waals surface area contributed by atoms with Crippen molar-refractivity contribution in [3.8, 4) is 11.1 Å². The molecule has 0 unspecified atom stereocenters. The summed E-state index contributed by atoms with van der Waals surface area (Å²) in [5.74, 6) is 1.06. The molecule has 0 atom stereocenters. The van der Waals surface area contributed by atoms with E-state index in [0.29, 0.717) is 0 Å². The van der Waals surface area contributed by atoms with Crippen LogP contribution in [-0.2, 0) is 34.4 Å². The summed E-state index contributed by atoms with van der Waals surface area (Å²) < 4.78 is 5.94. The molecule has 0 aliphatic heterocycles. The van der Waals surface area contributed by atoms with Crippen LogP contribution in [-0.4, -0.2) is 0 Å². The van der Waals surface area contributed by atoms with Gasteiger partial charge in [-0.25, -0.2) is 0 Å². The second-order valence-electron chi connectivity index (χ2n) is 6.60. The van der Waals surface area contributed by atoms with Crippen LogP contribution in [0.2, 0.25) is 0 Å². The molecule has 27 heavy (non-hydrogen) atoms. The molecule has 2 aromatic carbocycles. The Kier molecular flexibility index (Phi) is 9.09. The van der Waals surface area contributed by atoms with Crippen molar-refractivity contribution in [2.24, 2.45) is 0 Å². The minimum atomic E-state index is 0. The van der Waals surface area contributed by atoms with E-state index in [1.54, 1.807) is 0 Å². The number of halogens is 3. The number of hydrogen-bond acceptors (Lipinski definition) is 1. The van der Waals surface area contributed by atoms with Gasteiger partial charge in [0.05, 0.1) is 0 Å². The molecule has 0 aromatic heterocycles. The van der Waals surface area contributed by atoms with Gasteiger partial charge < -0.3 is 37.2 Å². The Hall–Kier alpha value is -0.787. The monoisotopic (exact) mass is 494 g/mol. The molecule has 2 aliphatic rings. The summed E-state index contributed by atoms with van der Waals surface area (Å²) in [6.45, 7) is 4.29. The van der Waals surface area contributed by atoms with Crippen molar-refractivity contribution < 1.29 is 65.2 Å². The van der Waals surface area contributed by atoms with E-state index in [4.69, 9.17) is 2.81 Å². The minimum absolute atomic E-state index is 0. The van der Waals surface area contributed by atoms with Crippen molar-refractivity contribution in [1.82, 2.24) is 0 Å². The molecule has 0 spiro atoms. The van der Waals surface area contributed by atoms with Crippen LogP contribution < -0.4 is 37.2 Å². The van der Waals surface area contributed by atoms with Crippen LogP contribution in [0.15, 0.2) is 60.2 Å². The summed E-state index contributed by atoms with van der Waals surface area (Å²) in [6.07, 6.45) is 8.61. The molecular weight excluding hydrogens is 478 g/mol. The number of fused-ring (bicyclic) bond motifs is 3. The van der Waals surface area contributed by atoms with E-state index in [1.165, 1.54) is 44.5 Å². The van der Waals surface area contributed by atoms with E-state index in [-0.39, 0.29) is 37.2 Å². The first kappa shape index (κ1) is 24.3. The van der Waals surface area contributed by atoms with Gasteiger partial charge in [-0.3, -0.25) is 0 Å². The van der Waals surface area contributed by atoms with Crippen LogP contribution in [0.25, 0.3) is 22.5 Å². The Morgan fingerprint density at radius 3 is 2.26 bits per heavy atom. The van der Waals surface area contributed by atoms with Crippen LogP contribution in [0.5, 0.6) is 0 Å². The van der Waals surface area contributed by atoms with Gasteiger partial charge >= 0.3 is 160 Å².